The molecule has 1 unspecified atom stereocenters. The first-order chi connectivity index (χ1) is 11.9. The van der Waals surface area contributed by atoms with Crippen molar-refractivity contribution in [3.8, 4) is 0 Å². The Morgan fingerprint density at radius 2 is 2.16 bits per heavy atom. The Morgan fingerprint density at radius 1 is 1.40 bits per heavy atom. The van der Waals surface area contributed by atoms with Gasteiger partial charge in [0.1, 0.15) is 0 Å². The highest BCUT2D eigenvalue weighted by Crippen LogP contribution is 2.32. The molecule has 6 nitrogen and oxygen atoms in total. The van der Waals surface area contributed by atoms with Crippen molar-refractivity contribution >= 4 is 11.7 Å². The quantitative estimate of drug-likeness (QED) is 0.848. The number of aliphatic hydroxyl groups is 1. The molecular weight excluding hydrogens is 316 g/mol. The van der Waals surface area contributed by atoms with Gasteiger partial charge in [-0.05, 0) is 56.4 Å². The lowest BCUT2D eigenvalue weighted by molar-refractivity contribution is 0.117. The molecule has 2 aromatic rings. The summed E-state index contributed by atoms with van der Waals surface area (Å²) >= 11 is 0. The molecule has 0 bridgehead atoms. The molecule has 1 aromatic carbocycles. The van der Waals surface area contributed by atoms with Gasteiger partial charge in [-0.25, -0.2) is 4.79 Å². The van der Waals surface area contributed by atoms with Crippen LogP contribution in [0.25, 0.3) is 0 Å². The van der Waals surface area contributed by atoms with Crippen LogP contribution in [0.2, 0.25) is 0 Å². The number of urea groups is 1. The molecule has 1 aliphatic rings. The molecule has 0 spiro atoms. The molecule has 3 rings (SSSR count). The van der Waals surface area contributed by atoms with E-state index in [1.165, 1.54) is 4.90 Å². The van der Waals surface area contributed by atoms with E-state index < -0.39 is 6.10 Å². The second-order valence-electron chi connectivity index (χ2n) is 7.00. The summed E-state index contributed by atoms with van der Waals surface area (Å²) in [5.41, 5.74) is 3.93. The Kier molecular flexibility index (Phi) is 5.08. The second kappa shape index (κ2) is 7.27. The summed E-state index contributed by atoms with van der Waals surface area (Å²) in [4.78, 5) is 13.8. The molecule has 1 fully saturated rings. The lowest BCUT2D eigenvalue weighted by Crippen LogP contribution is -2.38. The lowest BCUT2D eigenvalue weighted by Gasteiger charge is -2.21. The molecule has 1 atom stereocenters. The average molecular weight is 342 g/mol. The van der Waals surface area contributed by atoms with Gasteiger partial charge >= 0.3 is 6.03 Å². The fourth-order valence-corrected chi connectivity index (χ4v) is 2.97. The highest BCUT2D eigenvalue weighted by molar-refractivity contribution is 5.89. The molecule has 6 heteroatoms. The minimum absolute atomic E-state index is 0.206. The Bertz CT molecular complexity index is 752. The van der Waals surface area contributed by atoms with Gasteiger partial charge in [-0.15, -0.1) is 0 Å². The number of hydrogen-bond donors (Lipinski definition) is 2. The number of nitrogens with one attached hydrogen (secondary N) is 1. The van der Waals surface area contributed by atoms with Gasteiger partial charge in [-0.2, -0.15) is 5.10 Å². The van der Waals surface area contributed by atoms with E-state index in [1.807, 2.05) is 48.9 Å². The van der Waals surface area contributed by atoms with Crippen molar-refractivity contribution in [3.63, 3.8) is 0 Å². The number of nitrogens with zero attached hydrogens (tertiary/aromatic N) is 3. The summed E-state index contributed by atoms with van der Waals surface area (Å²) in [6.45, 7) is 5.04. The number of aliphatic hydroxyl groups excluding tert-OH is 1. The molecular formula is C19H26N4O2. The summed E-state index contributed by atoms with van der Waals surface area (Å²) in [6.07, 6.45) is 1.70. The molecule has 1 aromatic heterocycles. The van der Waals surface area contributed by atoms with Crippen LogP contribution in [0.5, 0.6) is 0 Å². The van der Waals surface area contributed by atoms with Crippen molar-refractivity contribution < 1.29 is 9.90 Å². The van der Waals surface area contributed by atoms with Gasteiger partial charge in [0.25, 0.3) is 0 Å². The van der Waals surface area contributed by atoms with Gasteiger partial charge in [-0.3, -0.25) is 4.68 Å². The molecule has 2 N–H and O–H groups in total. The SMILES string of the molecule is Cc1cc(C)n(Cc2cccc(NC(=O)N(C)CC(O)C3CC3)c2)n1. The first kappa shape index (κ1) is 17.5. The van der Waals surface area contributed by atoms with Gasteiger partial charge < -0.3 is 15.3 Å². The number of likely N-dealkylation sites (N-methyl/N-ethyl adjacent to an activating group) is 1. The molecule has 134 valence electrons. The number of amides is 2. The Hall–Kier alpha value is -2.34. The van der Waals surface area contributed by atoms with E-state index in [0.717, 1.165) is 35.5 Å². The average Bonchev–Trinajstić information content (AvgIpc) is 3.34. The maximum Gasteiger partial charge on any atom is 0.321 e. The third kappa shape index (κ3) is 4.60. The zero-order valence-corrected chi connectivity index (χ0v) is 15.1. The Balaban J connectivity index is 1.60. The van der Waals surface area contributed by atoms with Crippen LogP contribution >= 0.6 is 0 Å². The maximum atomic E-state index is 12.3. The molecule has 1 aliphatic carbocycles. The first-order valence-electron chi connectivity index (χ1n) is 8.72. The minimum atomic E-state index is -0.423. The largest absolute Gasteiger partial charge is 0.391 e. The van der Waals surface area contributed by atoms with Gasteiger partial charge in [-0.1, -0.05) is 12.1 Å². The number of aryl methyl sites for hydroxylation is 2. The van der Waals surface area contributed by atoms with Gasteiger partial charge in [0.2, 0.25) is 0 Å². The minimum Gasteiger partial charge on any atom is -0.391 e. The van der Waals surface area contributed by atoms with E-state index in [-0.39, 0.29) is 6.03 Å². The van der Waals surface area contributed by atoms with Crippen molar-refractivity contribution in [2.75, 3.05) is 18.9 Å². The molecule has 0 radical (unpaired) electrons. The topological polar surface area (TPSA) is 70.4 Å². The van der Waals surface area contributed by atoms with Crippen molar-refractivity contribution in [2.45, 2.75) is 39.3 Å². The summed E-state index contributed by atoms with van der Waals surface area (Å²) in [5.74, 6) is 0.361. The van der Waals surface area contributed by atoms with Crippen LogP contribution in [-0.4, -0.2) is 45.5 Å². The van der Waals surface area contributed by atoms with Crippen molar-refractivity contribution in [3.05, 3.63) is 47.3 Å². The van der Waals surface area contributed by atoms with Crippen molar-refractivity contribution in [1.29, 1.82) is 0 Å². The summed E-state index contributed by atoms with van der Waals surface area (Å²) in [5, 5.41) is 17.4. The molecule has 0 aliphatic heterocycles. The van der Waals surface area contributed by atoms with E-state index >= 15 is 0 Å². The van der Waals surface area contributed by atoms with E-state index in [9.17, 15) is 9.90 Å². The van der Waals surface area contributed by atoms with Crippen LogP contribution in [0.1, 0.15) is 29.8 Å². The third-order valence-corrected chi connectivity index (χ3v) is 4.59. The number of aromatic nitrogens is 2. The monoisotopic (exact) mass is 342 g/mol. The number of anilines is 1. The summed E-state index contributed by atoms with van der Waals surface area (Å²) in [7, 11) is 1.71. The van der Waals surface area contributed by atoms with Crippen LogP contribution in [0.3, 0.4) is 0 Å². The van der Waals surface area contributed by atoms with Crippen LogP contribution in [-0.2, 0) is 6.54 Å². The van der Waals surface area contributed by atoms with E-state index in [2.05, 4.69) is 10.4 Å². The highest BCUT2D eigenvalue weighted by Gasteiger charge is 2.31. The normalized spacial score (nSPS) is 15.0. The zero-order chi connectivity index (χ0) is 18.0. The number of rotatable bonds is 6. The predicted molar refractivity (Wildman–Crippen MR) is 97.6 cm³/mol. The van der Waals surface area contributed by atoms with E-state index in [0.29, 0.717) is 19.0 Å². The van der Waals surface area contributed by atoms with Crippen LogP contribution in [0.4, 0.5) is 10.5 Å². The summed E-state index contributed by atoms with van der Waals surface area (Å²) in [6, 6.07) is 9.62. The van der Waals surface area contributed by atoms with Crippen LogP contribution < -0.4 is 5.32 Å². The first-order valence-corrected chi connectivity index (χ1v) is 8.72. The third-order valence-electron chi connectivity index (χ3n) is 4.59. The smallest absolute Gasteiger partial charge is 0.321 e. The molecule has 0 saturated heterocycles. The van der Waals surface area contributed by atoms with E-state index in [4.69, 9.17) is 0 Å². The lowest BCUT2D eigenvalue weighted by atomic mass is 10.2. The van der Waals surface area contributed by atoms with Gasteiger partial charge in [0.15, 0.2) is 0 Å². The highest BCUT2D eigenvalue weighted by atomic mass is 16.3. The molecule has 2 amide bonds. The number of benzene rings is 1. The molecule has 25 heavy (non-hydrogen) atoms. The van der Waals surface area contributed by atoms with Crippen molar-refractivity contribution in [1.82, 2.24) is 14.7 Å². The standard InChI is InChI=1S/C19H26N4O2/c1-13-9-14(2)23(21-13)11-15-5-4-6-17(10-15)20-19(25)22(3)12-18(24)16-7-8-16/h4-6,9-10,16,18,24H,7-8,11-12H2,1-3H3,(H,20,25). The Morgan fingerprint density at radius 3 is 2.80 bits per heavy atom. The zero-order valence-electron chi connectivity index (χ0n) is 15.1. The van der Waals surface area contributed by atoms with Crippen molar-refractivity contribution in [2.24, 2.45) is 5.92 Å². The Labute approximate surface area is 148 Å². The van der Waals surface area contributed by atoms with E-state index in [1.54, 1.807) is 7.05 Å². The summed E-state index contributed by atoms with van der Waals surface area (Å²) < 4.78 is 1.95. The molecule has 1 saturated carbocycles. The van der Waals surface area contributed by atoms with Gasteiger partial charge in [0.05, 0.1) is 18.3 Å². The van der Waals surface area contributed by atoms with Crippen LogP contribution in [0.15, 0.2) is 30.3 Å². The van der Waals surface area contributed by atoms with Gasteiger partial charge in [0, 0.05) is 25.0 Å². The second-order valence-corrected chi connectivity index (χ2v) is 7.00. The fraction of sp³-hybridized carbons (Fsp3) is 0.474. The fourth-order valence-electron chi connectivity index (χ4n) is 2.97. The number of hydrogen-bond acceptors (Lipinski definition) is 3. The predicted octanol–water partition coefficient (Wildman–Crippen LogP) is 2.78. The maximum absolute atomic E-state index is 12.3. The molecule has 1 heterocycles. The number of carbonyl (C=O) groups excluding carboxylic acids is 1. The van der Waals surface area contributed by atoms with Crippen LogP contribution in [0, 0.1) is 19.8 Å². The number of carbonyl (C=O) groups is 1.